The lowest BCUT2D eigenvalue weighted by molar-refractivity contribution is 0.626. The number of rotatable bonds is 3. The molecular weight excluding hydrogens is 287 g/mol. The lowest BCUT2D eigenvalue weighted by Crippen LogP contribution is -2.04. The number of imidazole rings is 1. The zero-order valence-electron chi connectivity index (χ0n) is 12.0. The van der Waals surface area contributed by atoms with E-state index < -0.39 is 0 Å². The largest absolute Gasteiger partial charge is 0.296 e. The number of fused-ring (bicyclic) bond motifs is 1. The second-order valence-corrected chi connectivity index (χ2v) is 5.60. The minimum atomic E-state index is -0.249. The molecule has 0 saturated carbocycles. The van der Waals surface area contributed by atoms with Crippen molar-refractivity contribution < 1.29 is 4.39 Å². The summed E-state index contributed by atoms with van der Waals surface area (Å²) in [6.07, 6.45) is 0.644. The summed E-state index contributed by atoms with van der Waals surface area (Å²) in [5.41, 5.74) is 4.88. The number of hydrogen-bond acceptors (Lipinski definition) is 1. The van der Waals surface area contributed by atoms with Gasteiger partial charge in [-0.1, -0.05) is 12.1 Å². The van der Waals surface area contributed by atoms with Gasteiger partial charge in [0.05, 0.1) is 16.7 Å². The molecule has 1 heterocycles. The zero-order chi connectivity index (χ0) is 15.0. The van der Waals surface area contributed by atoms with Crippen LogP contribution in [0.5, 0.6) is 0 Å². The van der Waals surface area contributed by atoms with Crippen LogP contribution in [0.1, 0.15) is 17.0 Å². The first kappa shape index (κ1) is 14.1. The molecular formula is C17H16ClFN2. The standard InChI is InChI=1S/C17H16ClFN2/c1-11-3-6-15-14(9-11)20-17(7-8-18)21(15)16-10-13(19)5-4-12(16)2/h3-6,9-10H,7-8H2,1-2H3. The van der Waals surface area contributed by atoms with Gasteiger partial charge in [0, 0.05) is 12.3 Å². The summed E-state index contributed by atoms with van der Waals surface area (Å²) in [6, 6.07) is 10.9. The Labute approximate surface area is 128 Å². The van der Waals surface area contributed by atoms with Gasteiger partial charge < -0.3 is 0 Å². The maximum absolute atomic E-state index is 13.7. The number of hydrogen-bond donors (Lipinski definition) is 0. The Hall–Kier alpha value is -1.87. The molecule has 3 aromatic rings. The minimum Gasteiger partial charge on any atom is -0.296 e. The zero-order valence-corrected chi connectivity index (χ0v) is 12.8. The topological polar surface area (TPSA) is 17.8 Å². The molecule has 4 heteroatoms. The number of alkyl halides is 1. The fraction of sp³-hybridized carbons (Fsp3) is 0.235. The Morgan fingerprint density at radius 1 is 1.14 bits per heavy atom. The van der Waals surface area contributed by atoms with Crippen molar-refractivity contribution in [2.75, 3.05) is 5.88 Å². The number of halogens is 2. The molecule has 0 N–H and O–H groups in total. The first-order chi connectivity index (χ1) is 10.1. The highest BCUT2D eigenvalue weighted by Gasteiger charge is 2.14. The molecule has 0 aliphatic rings. The van der Waals surface area contributed by atoms with Gasteiger partial charge in [-0.3, -0.25) is 4.57 Å². The highest BCUT2D eigenvalue weighted by molar-refractivity contribution is 6.17. The summed E-state index contributed by atoms with van der Waals surface area (Å²) >= 11 is 5.90. The fourth-order valence-corrected chi connectivity index (χ4v) is 2.75. The van der Waals surface area contributed by atoms with Crippen LogP contribution < -0.4 is 0 Å². The number of nitrogens with zero attached hydrogens (tertiary/aromatic N) is 2. The van der Waals surface area contributed by atoms with Crippen LogP contribution in [0, 0.1) is 19.7 Å². The van der Waals surface area contributed by atoms with Gasteiger partial charge in [0.15, 0.2) is 0 Å². The first-order valence-corrected chi connectivity index (χ1v) is 7.44. The molecule has 3 rings (SSSR count). The Kier molecular flexibility index (Phi) is 3.68. The fourth-order valence-electron chi connectivity index (χ4n) is 2.58. The van der Waals surface area contributed by atoms with Crippen LogP contribution in [0.2, 0.25) is 0 Å². The van der Waals surface area contributed by atoms with Crippen LogP contribution in [0.15, 0.2) is 36.4 Å². The molecule has 21 heavy (non-hydrogen) atoms. The average molecular weight is 303 g/mol. The summed E-state index contributed by atoms with van der Waals surface area (Å²) in [6.45, 7) is 4.01. The van der Waals surface area contributed by atoms with Gasteiger partial charge in [-0.05, 0) is 49.2 Å². The van der Waals surface area contributed by atoms with E-state index >= 15 is 0 Å². The molecule has 0 amide bonds. The maximum atomic E-state index is 13.7. The summed E-state index contributed by atoms with van der Waals surface area (Å²) in [5, 5.41) is 0. The molecule has 0 unspecified atom stereocenters. The summed E-state index contributed by atoms with van der Waals surface area (Å²) in [5.74, 6) is 1.09. The monoisotopic (exact) mass is 302 g/mol. The molecule has 1 aromatic heterocycles. The smallest absolute Gasteiger partial charge is 0.125 e. The number of benzene rings is 2. The Balaban J connectivity index is 2.33. The van der Waals surface area contributed by atoms with E-state index in [0.717, 1.165) is 33.7 Å². The average Bonchev–Trinajstić information content (AvgIpc) is 2.79. The lowest BCUT2D eigenvalue weighted by Gasteiger charge is -2.12. The molecule has 2 nitrogen and oxygen atoms in total. The van der Waals surface area contributed by atoms with Crippen LogP contribution in [0.3, 0.4) is 0 Å². The molecule has 0 fully saturated rings. The van der Waals surface area contributed by atoms with Crippen molar-refractivity contribution in [1.82, 2.24) is 9.55 Å². The predicted octanol–water partition coefficient (Wildman–Crippen LogP) is 4.56. The van der Waals surface area contributed by atoms with E-state index in [4.69, 9.17) is 11.6 Å². The highest BCUT2D eigenvalue weighted by Crippen LogP contribution is 2.25. The lowest BCUT2D eigenvalue weighted by atomic mass is 10.1. The van der Waals surface area contributed by atoms with Crippen LogP contribution in [0.4, 0.5) is 4.39 Å². The van der Waals surface area contributed by atoms with Gasteiger partial charge in [-0.2, -0.15) is 0 Å². The molecule has 0 aliphatic carbocycles. The third-order valence-corrected chi connectivity index (χ3v) is 3.80. The van der Waals surface area contributed by atoms with E-state index in [1.165, 1.54) is 6.07 Å². The first-order valence-electron chi connectivity index (χ1n) is 6.90. The van der Waals surface area contributed by atoms with Gasteiger partial charge >= 0.3 is 0 Å². The van der Waals surface area contributed by atoms with E-state index in [1.54, 1.807) is 12.1 Å². The van der Waals surface area contributed by atoms with Gasteiger partial charge in [0.25, 0.3) is 0 Å². The van der Waals surface area contributed by atoms with Crippen LogP contribution in [-0.4, -0.2) is 15.4 Å². The van der Waals surface area contributed by atoms with E-state index in [0.29, 0.717) is 12.3 Å². The van der Waals surface area contributed by atoms with Crippen molar-refractivity contribution in [3.63, 3.8) is 0 Å². The SMILES string of the molecule is Cc1ccc2c(c1)nc(CCCl)n2-c1cc(F)ccc1C. The van der Waals surface area contributed by atoms with Crippen molar-refractivity contribution in [3.05, 3.63) is 59.2 Å². The molecule has 2 aromatic carbocycles. The normalized spacial score (nSPS) is 11.2. The van der Waals surface area contributed by atoms with Gasteiger partial charge in [0.1, 0.15) is 11.6 Å². The Morgan fingerprint density at radius 3 is 2.71 bits per heavy atom. The van der Waals surface area contributed by atoms with E-state index in [-0.39, 0.29) is 5.82 Å². The molecule has 0 spiro atoms. The number of aromatic nitrogens is 2. The van der Waals surface area contributed by atoms with Crippen molar-refractivity contribution in [2.45, 2.75) is 20.3 Å². The third kappa shape index (κ3) is 2.54. The molecule has 0 atom stereocenters. The van der Waals surface area contributed by atoms with E-state index in [2.05, 4.69) is 4.98 Å². The number of aryl methyl sites for hydroxylation is 3. The van der Waals surface area contributed by atoms with E-state index in [1.807, 2.05) is 36.6 Å². The van der Waals surface area contributed by atoms with E-state index in [9.17, 15) is 4.39 Å². The molecule has 108 valence electrons. The van der Waals surface area contributed by atoms with Crippen LogP contribution >= 0.6 is 11.6 Å². The van der Waals surface area contributed by atoms with Gasteiger partial charge in [-0.15, -0.1) is 11.6 Å². The second kappa shape index (κ2) is 5.49. The summed E-state index contributed by atoms with van der Waals surface area (Å²) in [7, 11) is 0. The van der Waals surface area contributed by atoms with Crippen molar-refractivity contribution >= 4 is 22.6 Å². The predicted molar refractivity (Wildman–Crippen MR) is 84.9 cm³/mol. The Bertz CT molecular complexity index is 808. The maximum Gasteiger partial charge on any atom is 0.125 e. The summed E-state index contributed by atoms with van der Waals surface area (Å²) < 4.78 is 15.7. The second-order valence-electron chi connectivity index (χ2n) is 5.23. The molecule has 0 bridgehead atoms. The van der Waals surface area contributed by atoms with Gasteiger partial charge in [0.2, 0.25) is 0 Å². The van der Waals surface area contributed by atoms with Crippen LogP contribution in [-0.2, 0) is 6.42 Å². The van der Waals surface area contributed by atoms with Crippen molar-refractivity contribution in [2.24, 2.45) is 0 Å². The molecule has 0 radical (unpaired) electrons. The van der Waals surface area contributed by atoms with Crippen LogP contribution in [0.25, 0.3) is 16.7 Å². The van der Waals surface area contributed by atoms with Crippen molar-refractivity contribution in [3.8, 4) is 5.69 Å². The molecule has 0 saturated heterocycles. The van der Waals surface area contributed by atoms with Crippen molar-refractivity contribution in [1.29, 1.82) is 0 Å². The summed E-state index contributed by atoms with van der Waals surface area (Å²) in [4.78, 5) is 4.67. The quantitative estimate of drug-likeness (QED) is 0.648. The highest BCUT2D eigenvalue weighted by atomic mass is 35.5. The Morgan fingerprint density at radius 2 is 1.95 bits per heavy atom. The van der Waals surface area contributed by atoms with Gasteiger partial charge in [-0.25, -0.2) is 9.37 Å². The minimum absolute atomic E-state index is 0.249. The third-order valence-electron chi connectivity index (χ3n) is 3.61. The molecule has 0 aliphatic heterocycles.